The van der Waals surface area contributed by atoms with E-state index in [4.69, 9.17) is 21.9 Å². The van der Waals surface area contributed by atoms with E-state index in [2.05, 4.69) is 10.1 Å². The molecule has 1 aromatic carbocycles. The van der Waals surface area contributed by atoms with Gasteiger partial charge >= 0.3 is 0 Å². The lowest BCUT2D eigenvalue weighted by atomic mass is 10.2. The van der Waals surface area contributed by atoms with Gasteiger partial charge in [-0.15, -0.1) is 0 Å². The van der Waals surface area contributed by atoms with Crippen molar-refractivity contribution in [2.24, 2.45) is 5.73 Å². The van der Waals surface area contributed by atoms with Crippen LogP contribution in [0.4, 0.5) is 4.39 Å². The van der Waals surface area contributed by atoms with E-state index in [1.165, 1.54) is 12.1 Å². The summed E-state index contributed by atoms with van der Waals surface area (Å²) in [7, 11) is 0. The molecule has 0 radical (unpaired) electrons. The summed E-state index contributed by atoms with van der Waals surface area (Å²) >= 11 is 5.66. The number of hydrogen-bond acceptors (Lipinski definition) is 4. The third kappa shape index (κ3) is 2.45. The molecule has 2 aromatic rings. The summed E-state index contributed by atoms with van der Waals surface area (Å²) in [6.07, 6.45) is 0. The average Bonchev–Trinajstić information content (AvgIpc) is 2.77. The zero-order chi connectivity index (χ0) is 12.4. The smallest absolute Gasteiger partial charge is 0.260 e. The number of nitrogens with two attached hydrogens (primary N) is 1. The van der Waals surface area contributed by atoms with Gasteiger partial charge in [-0.2, -0.15) is 4.98 Å². The van der Waals surface area contributed by atoms with E-state index in [0.29, 0.717) is 17.4 Å². The van der Waals surface area contributed by atoms with Crippen molar-refractivity contribution in [3.05, 3.63) is 34.9 Å². The van der Waals surface area contributed by atoms with Crippen LogP contribution in [0.2, 0.25) is 5.02 Å². The van der Waals surface area contributed by atoms with Gasteiger partial charge in [-0.3, -0.25) is 0 Å². The van der Waals surface area contributed by atoms with Gasteiger partial charge in [0.05, 0.1) is 5.56 Å². The highest BCUT2D eigenvalue weighted by molar-refractivity contribution is 6.30. The van der Waals surface area contributed by atoms with E-state index in [0.717, 1.165) is 0 Å². The van der Waals surface area contributed by atoms with Gasteiger partial charge in [-0.25, -0.2) is 4.39 Å². The molecule has 0 aliphatic rings. The summed E-state index contributed by atoms with van der Waals surface area (Å²) in [5.41, 5.74) is 5.72. The van der Waals surface area contributed by atoms with Gasteiger partial charge in [0.1, 0.15) is 5.82 Å². The molecular formula is C11H11ClFN3O. The molecule has 1 aromatic heterocycles. The summed E-state index contributed by atoms with van der Waals surface area (Å²) in [6.45, 7) is 2.27. The standard InChI is InChI=1S/C11H11ClFN3O/c1-6(5-14)10-15-11(17-16-10)8-3-2-7(12)4-9(8)13/h2-4,6H,5,14H2,1H3. The zero-order valence-electron chi connectivity index (χ0n) is 9.15. The van der Waals surface area contributed by atoms with Crippen LogP contribution in [0.5, 0.6) is 0 Å². The minimum atomic E-state index is -0.492. The van der Waals surface area contributed by atoms with Crippen LogP contribution < -0.4 is 5.73 Å². The van der Waals surface area contributed by atoms with Crippen molar-refractivity contribution in [1.82, 2.24) is 10.1 Å². The first kappa shape index (κ1) is 12.0. The molecule has 17 heavy (non-hydrogen) atoms. The fraction of sp³-hybridized carbons (Fsp3) is 0.273. The maximum Gasteiger partial charge on any atom is 0.260 e. The third-order valence-electron chi connectivity index (χ3n) is 2.40. The highest BCUT2D eigenvalue weighted by atomic mass is 35.5. The summed E-state index contributed by atoms with van der Waals surface area (Å²) in [6, 6.07) is 4.27. The predicted octanol–water partition coefficient (Wildman–Crippen LogP) is 2.59. The molecule has 0 fully saturated rings. The Bertz CT molecular complexity index is 529. The van der Waals surface area contributed by atoms with E-state index in [1.807, 2.05) is 6.92 Å². The summed E-state index contributed by atoms with van der Waals surface area (Å²) < 4.78 is 18.6. The Morgan fingerprint density at radius 3 is 2.94 bits per heavy atom. The van der Waals surface area contributed by atoms with Gasteiger partial charge in [0.25, 0.3) is 5.89 Å². The number of nitrogens with zero attached hydrogens (tertiary/aromatic N) is 2. The number of halogens is 2. The summed E-state index contributed by atoms with van der Waals surface area (Å²) in [5.74, 6) is 0.0854. The van der Waals surface area contributed by atoms with Crippen LogP contribution >= 0.6 is 11.6 Å². The quantitative estimate of drug-likeness (QED) is 0.916. The molecule has 2 rings (SSSR count). The molecule has 1 unspecified atom stereocenters. The van der Waals surface area contributed by atoms with E-state index in [-0.39, 0.29) is 17.4 Å². The maximum absolute atomic E-state index is 13.6. The number of aromatic nitrogens is 2. The summed E-state index contributed by atoms with van der Waals surface area (Å²) in [5, 5.41) is 4.08. The van der Waals surface area contributed by atoms with Crippen molar-refractivity contribution >= 4 is 11.6 Å². The molecular weight excluding hydrogens is 245 g/mol. The normalized spacial score (nSPS) is 12.7. The lowest BCUT2D eigenvalue weighted by Gasteiger charge is -1.99. The Morgan fingerprint density at radius 2 is 2.29 bits per heavy atom. The van der Waals surface area contributed by atoms with E-state index >= 15 is 0 Å². The van der Waals surface area contributed by atoms with Crippen LogP contribution in [0.25, 0.3) is 11.5 Å². The Balaban J connectivity index is 2.37. The van der Waals surface area contributed by atoms with Crippen molar-refractivity contribution in [1.29, 1.82) is 0 Å². The lowest BCUT2D eigenvalue weighted by Crippen LogP contribution is -2.10. The second-order valence-corrected chi connectivity index (χ2v) is 4.16. The van der Waals surface area contributed by atoms with E-state index in [1.54, 1.807) is 6.07 Å². The summed E-state index contributed by atoms with van der Waals surface area (Å²) in [4.78, 5) is 4.10. The highest BCUT2D eigenvalue weighted by Gasteiger charge is 2.16. The Morgan fingerprint density at radius 1 is 1.53 bits per heavy atom. The molecule has 6 heteroatoms. The first-order valence-corrected chi connectivity index (χ1v) is 5.48. The SMILES string of the molecule is CC(CN)c1noc(-c2ccc(Cl)cc2F)n1. The minimum absolute atomic E-state index is 0.0251. The maximum atomic E-state index is 13.6. The Kier molecular flexibility index (Phi) is 3.40. The van der Waals surface area contributed by atoms with Crippen LogP contribution in [0.15, 0.2) is 22.7 Å². The van der Waals surface area contributed by atoms with Crippen LogP contribution in [-0.2, 0) is 0 Å². The average molecular weight is 256 g/mol. The molecule has 0 aliphatic carbocycles. The molecule has 4 nitrogen and oxygen atoms in total. The molecule has 2 N–H and O–H groups in total. The molecule has 0 saturated heterocycles. The lowest BCUT2D eigenvalue weighted by molar-refractivity contribution is 0.416. The van der Waals surface area contributed by atoms with Crippen molar-refractivity contribution in [3.63, 3.8) is 0 Å². The van der Waals surface area contributed by atoms with Crippen molar-refractivity contribution in [3.8, 4) is 11.5 Å². The number of hydrogen-bond donors (Lipinski definition) is 1. The van der Waals surface area contributed by atoms with Gasteiger partial charge in [0.15, 0.2) is 5.82 Å². The third-order valence-corrected chi connectivity index (χ3v) is 2.63. The second kappa shape index (κ2) is 4.81. The van der Waals surface area contributed by atoms with Gasteiger partial charge < -0.3 is 10.3 Å². The van der Waals surface area contributed by atoms with Crippen molar-refractivity contribution < 1.29 is 8.91 Å². The van der Waals surface area contributed by atoms with Gasteiger partial charge in [0, 0.05) is 17.5 Å². The minimum Gasteiger partial charge on any atom is -0.334 e. The first-order valence-electron chi connectivity index (χ1n) is 5.11. The highest BCUT2D eigenvalue weighted by Crippen LogP contribution is 2.24. The fourth-order valence-corrected chi connectivity index (χ4v) is 1.47. The Labute approximate surface area is 103 Å². The van der Waals surface area contributed by atoms with Gasteiger partial charge in [-0.05, 0) is 18.2 Å². The monoisotopic (exact) mass is 255 g/mol. The fourth-order valence-electron chi connectivity index (χ4n) is 1.31. The second-order valence-electron chi connectivity index (χ2n) is 3.72. The number of rotatable bonds is 3. The molecule has 0 saturated carbocycles. The van der Waals surface area contributed by atoms with Gasteiger partial charge in [0.2, 0.25) is 0 Å². The molecule has 1 heterocycles. The molecule has 0 aliphatic heterocycles. The molecule has 0 spiro atoms. The largest absolute Gasteiger partial charge is 0.334 e. The predicted molar refractivity (Wildman–Crippen MR) is 62.2 cm³/mol. The number of benzene rings is 1. The van der Waals surface area contributed by atoms with Crippen molar-refractivity contribution in [2.45, 2.75) is 12.8 Å². The van der Waals surface area contributed by atoms with E-state index in [9.17, 15) is 4.39 Å². The van der Waals surface area contributed by atoms with Crippen LogP contribution in [0.3, 0.4) is 0 Å². The zero-order valence-corrected chi connectivity index (χ0v) is 9.91. The van der Waals surface area contributed by atoms with Crippen LogP contribution in [0, 0.1) is 5.82 Å². The van der Waals surface area contributed by atoms with Crippen LogP contribution in [-0.4, -0.2) is 16.7 Å². The Hall–Kier alpha value is -1.46. The molecule has 90 valence electrons. The topological polar surface area (TPSA) is 64.9 Å². The first-order chi connectivity index (χ1) is 8.11. The van der Waals surface area contributed by atoms with E-state index < -0.39 is 5.82 Å². The van der Waals surface area contributed by atoms with Crippen LogP contribution in [0.1, 0.15) is 18.7 Å². The molecule has 1 atom stereocenters. The molecule has 0 bridgehead atoms. The van der Waals surface area contributed by atoms with Crippen molar-refractivity contribution in [2.75, 3.05) is 6.54 Å². The van der Waals surface area contributed by atoms with Gasteiger partial charge in [-0.1, -0.05) is 23.7 Å². The molecule has 0 amide bonds.